The average Bonchev–Trinajstić information content (AvgIpc) is 2.81. The van der Waals surface area contributed by atoms with Crippen LogP contribution in [0.15, 0.2) is 74.3 Å². The SMILES string of the molecule is C=Cc1cccc(N(c2cccc(C=C)c2P(=O)(O)O)c2cccc(C=C)c2P(=O)(O)O)c1P(=O)(O)O. The summed E-state index contributed by atoms with van der Waals surface area (Å²) in [6.07, 6.45) is 3.55. The first kappa shape index (κ1) is 28.7. The van der Waals surface area contributed by atoms with Crippen molar-refractivity contribution in [1.82, 2.24) is 0 Å². The summed E-state index contributed by atoms with van der Waals surface area (Å²) >= 11 is 0. The fourth-order valence-electron chi connectivity index (χ4n) is 4.02. The largest absolute Gasteiger partial charge is 0.358 e. The van der Waals surface area contributed by atoms with Crippen LogP contribution in [0.5, 0.6) is 0 Å². The lowest BCUT2D eigenvalue weighted by atomic mass is 10.1. The summed E-state index contributed by atoms with van der Waals surface area (Å²) in [5, 5.41) is -1.69. The summed E-state index contributed by atoms with van der Waals surface area (Å²) in [6.45, 7) is 10.7. The van der Waals surface area contributed by atoms with E-state index in [2.05, 4.69) is 19.7 Å². The van der Waals surface area contributed by atoms with Crippen LogP contribution in [0, 0.1) is 0 Å². The van der Waals surface area contributed by atoms with E-state index >= 15 is 0 Å². The smallest absolute Gasteiger partial charge is 0.321 e. The molecule has 0 aliphatic heterocycles. The Bertz CT molecular complexity index is 1360. The second-order valence-corrected chi connectivity index (χ2v) is 12.3. The van der Waals surface area contributed by atoms with Gasteiger partial charge in [-0.05, 0) is 34.9 Å². The molecular weight excluding hydrogens is 539 g/mol. The molecule has 0 spiro atoms. The van der Waals surface area contributed by atoms with E-state index in [9.17, 15) is 43.1 Å². The van der Waals surface area contributed by atoms with Crippen LogP contribution < -0.4 is 20.8 Å². The van der Waals surface area contributed by atoms with Crippen LogP contribution in [-0.4, -0.2) is 29.4 Å². The van der Waals surface area contributed by atoms with Crippen LogP contribution in [0.1, 0.15) is 16.7 Å². The van der Waals surface area contributed by atoms with Crippen molar-refractivity contribution in [2.24, 2.45) is 0 Å². The molecule has 0 heterocycles. The standard InChI is InChI=1S/C24H24NO9P3/c1-4-16-10-7-13-19(22(16)35(26,27)28)25(20-14-8-11-17(5-2)23(20)36(29,30)31)21-15-9-12-18(6-3)24(21)37(32,33)34/h4-15H,1-3H2,(H2,26,27,28)(H2,29,30,31)(H2,32,33,34). The maximum atomic E-state index is 12.7. The second-order valence-electron chi connectivity index (χ2n) is 7.72. The van der Waals surface area contributed by atoms with Crippen molar-refractivity contribution in [2.45, 2.75) is 0 Å². The zero-order valence-corrected chi connectivity index (χ0v) is 21.9. The fourth-order valence-corrected chi connectivity index (χ4v) is 6.95. The van der Waals surface area contributed by atoms with Crippen LogP contribution in [0.2, 0.25) is 0 Å². The molecule has 3 rings (SSSR count). The predicted octanol–water partition coefficient (Wildman–Crippen LogP) is 3.49. The van der Waals surface area contributed by atoms with E-state index in [0.29, 0.717) is 0 Å². The number of rotatable bonds is 9. The van der Waals surface area contributed by atoms with Gasteiger partial charge in [-0.3, -0.25) is 13.7 Å². The molecule has 6 N–H and O–H groups in total. The molecule has 0 saturated carbocycles. The lowest BCUT2D eigenvalue weighted by molar-refractivity contribution is 0.385. The molecule has 194 valence electrons. The van der Waals surface area contributed by atoms with Gasteiger partial charge < -0.3 is 34.3 Å². The number of hydrogen-bond donors (Lipinski definition) is 6. The molecular formula is C24H24NO9P3. The third-order valence-corrected chi connectivity index (χ3v) is 8.60. The molecule has 0 atom stereocenters. The van der Waals surface area contributed by atoms with E-state index in [-0.39, 0.29) is 33.8 Å². The lowest BCUT2D eigenvalue weighted by Gasteiger charge is -2.32. The molecule has 0 unspecified atom stereocenters. The van der Waals surface area contributed by atoms with Gasteiger partial charge >= 0.3 is 22.8 Å². The highest BCUT2D eigenvalue weighted by Gasteiger charge is 2.36. The highest BCUT2D eigenvalue weighted by atomic mass is 31.2. The maximum absolute atomic E-state index is 12.7. The first-order valence-corrected chi connectivity index (χ1v) is 15.2. The zero-order valence-electron chi connectivity index (χ0n) is 19.2. The number of anilines is 3. The topological polar surface area (TPSA) is 176 Å². The molecule has 0 aliphatic rings. The van der Waals surface area contributed by atoms with Gasteiger partial charge in [-0.2, -0.15) is 0 Å². The second kappa shape index (κ2) is 10.5. The van der Waals surface area contributed by atoms with Gasteiger partial charge in [-0.15, -0.1) is 0 Å². The van der Waals surface area contributed by atoms with Crippen LogP contribution in [0.4, 0.5) is 17.1 Å². The molecule has 13 heteroatoms. The molecule has 0 bridgehead atoms. The molecule has 37 heavy (non-hydrogen) atoms. The molecule has 0 amide bonds. The summed E-state index contributed by atoms with van der Waals surface area (Å²) in [6, 6.07) is 12.1. The lowest BCUT2D eigenvalue weighted by Crippen LogP contribution is -2.30. The van der Waals surface area contributed by atoms with Gasteiger partial charge in [0.25, 0.3) is 0 Å². The minimum atomic E-state index is -5.10. The van der Waals surface area contributed by atoms with Crippen molar-refractivity contribution in [3.05, 3.63) is 91.0 Å². The maximum Gasteiger partial charge on any atom is 0.358 e. The third-order valence-electron chi connectivity index (χ3n) is 5.39. The van der Waals surface area contributed by atoms with E-state index in [1.165, 1.54) is 72.8 Å². The number of benzene rings is 3. The monoisotopic (exact) mass is 563 g/mol. The van der Waals surface area contributed by atoms with Crippen molar-refractivity contribution < 1.29 is 43.1 Å². The molecule has 0 fully saturated rings. The Morgan fingerprint density at radius 3 is 0.946 bits per heavy atom. The summed E-state index contributed by atoms with van der Waals surface area (Å²) in [5.41, 5.74) is -0.823. The Balaban J connectivity index is 2.69. The van der Waals surface area contributed by atoms with Crippen molar-refractivity contribution in [3.8, 4) is 0 Å². The molecule has 0 saturated heterocycles. The summed E-state index contributed by atoms with van der Waals surface area (Å²) in [5.74, 6) is 0. The highest BCUT2D eigenvalue weighted by Crippen LogP contribution is 2.49. The molecule has 0 aromatic heterocycles. The normalized spacial score (nSPS) is 12.2. The van der Waals surface area contributed by atoms with Gasteiger partial charge in [0.2, 0.25) is 0 Å². The van der Waals surface area contributed by atoms with E-state index in [1.807, 2.05) is 0 Å². The Kier molecular flexibility index (Phi) is 8.13. The van der Waals surface area contributed by atoms with Crippen LogP contribution >= 0.6 is 22.8 Å². The molecule has 10 nitrogen and oxygen atoms in total. The Labute approximate surface area is 213 Å². The summed E-state index contributed by atoms with van der Waals surface area (Å²) in [7, 11) is -15.3. The van der Waals surface area contributed by atoms with Gasteiger partial charge in [0.05, 0.1) is 33.0 Å². The van der Waals surface area contributed by atoms with Crippen molar-refractivity contribution in [2.75, 3.05) is 4.90 Å². The zero-order chi connectivity index (χ0) is 27.8. The van der Waals surface area contributed by atoms with E-state index in [4.69, 9.17) is 0 Å². The van der Waals surface area contributed by atoms with E-state index in [0.717, 1.165) is 4.90 Å². The van der Waals surface area contributed by atoms with Gasteiger partial charge in [0.1, 0.15) is 0 Å². The fraction of sp³-hybridized carbons (Fsp3) is 0. The summed E-state index contributed by atoms with van der Waals surface area (Å²) in [4.78, 5) is 62.7. The molecule has 3 aromatic rings. The summed E-state index contributed by atoms with van der Waals surface area (Å²) < 4.78 is 38.1. The van der Waals surface area contributed by atoms with Crippen molar-refractivity contribution in [1.29, 1.82) is 0 Å². The third kappa shape index (κ3) is 5.69. The van der Waals surface area contributed by atoms with Gasteiger partial charge in [-0.1, -0.05) is 74.4 Å². The first-order valence-electron chi connectivity index (χ1n) is 10.4. The number of nitrogens with zero attached hydrogens (tertiary/aromatic N) is 1. The average molecular weight is 563 g/mol. The minimum Gasteiger partial charge on any atom is -0.321 e. The van der Waals surface area contributed by atoms with Crippen molar-refractivity contribution in [3.63, 3.8) is 0 Å². The Morgan fingerprint density at radius 2 is 0.757 bits per heavy atom. The van der Waals surface area contributed by atoms with Gasteiger partial charge in [0.15, 0.2) is 0 Å². The first-order chi connectivity index (χ1) is 17.2. The molecule has 0 radical (unpaired) electrons. The quantitative estimate of drug-likeness (QED) is 0.211. The number of hydrogen-bond acceptors (Lipinski definition) is 4. The van der Waals surface area contributed by atoms with Gasteiger partial charge in [-0.25, -0.2) is 0 Å². The van der Waals surface area contributed by atoms with Gasteiger partial charge in [0, 0.05) is 0 Å². The molecule has 3 aromatic carbocycles. The van der Waals surface area contributed by atoms with Crippen LogP contribution in [0.3, 0.4) is 0 Å². The van der Waals surface area contributed by atoms with Crippen LogP contribution in [0.25, 0.3) is 18.2 Å². The molecule has 0 aliphatic carbocycles. The van der Waals surface area contributed by atoms with E-state index in [1.54, 1.807) is 0 Å². The van der Waals surface area contributed by atoms with E-state index < -0.39 is 38.7 Å². The Hall–Kier alpha value is -2.87. The Morgan fingerprint density at radius 1 is 0.514 bits per heavy atom. The minimum absolute atomic E-state index is 0.00560. The van der Waals surface area contributed by atoms with Crippen LogP contribution in [-0.2, 0) is 13.7 Å². The van der Waals surface area contributed by atoms with Crippen molar-refractivity contribution >= 4 is 74.0 Å². The highest BCUT2D eigenvalue weighted by molar-refractivity contribution is 7.61. The predicted molar refractivity (Wildman–Crippen MR) is 146 cm³/mol.